The molecule has 6 heterocycles. The largest absolute Gasteiger partial charge is 1.00 e. The number of cyclic esters (lactones) is 2. The van der Waals surface area contributed by atoms with Gasteiger partial charge in [0.1, 0.15) is 37.2 Å². The number of carbonyl (C=O) groups excluding carboxylic acids is 8. The van der Waals surface area contributed by atoms with Crippen molar-refractivity contribution in [1.82, 2.24) is 52.4 Å². The molecule has 0 aromatic rings. The molecule has 352 valence electrons. The Morgan fingerprint density at radius 3 is 1.39 bits per heavy atom. The molecule has 0 aromatic heterocycles. The Hall–Kier alpha value is -3.12. The van der Waals surface area contributed by atoms with Crippen LogP contribution in [0.15, 0.2) is 10.2 Å². The first-order chi connectivity index (χ1) is 30.3. The van der Waals surface area contributed by atoms with Crippen molar-refractivity contribution >= 4 is 97.4 Å². The van der Waals surface area contributed by atoms with Crippen LogP contribution in [0, 0.1) is 0 Å². The number of nitrogens with one attached hydrogen (secondary N) is 4. The number of hydrogen-bond donors (Lipinski definition) is 6. The van der Waals surface area contributed by atoms with Gasteiger partial charge in [-0.3, -0.25) is 48.1 Å². The molecule has 6 aliphatic rings. The number of nitrogens with zero attached hydrogens (tertiary/aromatic N) is 8. The summed E-state index contributed by atoms with van der Waals surface area (Å²) in [6.45, 7) is 3.05. The van der Waals surface area contributed by atoms with Crippen molar-refractivity contribution in [2.45, 2.75) is 63.1 Å². The minimum Gasteiger partial charge on any atom is -0.544 e. The van der Waals surface area contributed by atoms with Crippen LogP contribution in [0.3, 0.4) is 0 Å². The minimum absolute atomic E-state index is 0. The van der Waals surface area contributed by atoms with E-state index in [1.54, 1.807) is 13.8 Å². The first-order valence-electron chi connectivity index (χ1n) is 18.3. The van der Waals surface area contributed by atoms with E-state index in [0.29, 0.717) is 10.1 Å². The summed E-state index contributed by atoms with van der Waals surface area (Å²) < 4.78 is 31.7. The number of esters is 2. The molecule has 66 heavy (non-hydrogen) atoms. The van der Waals surface area contributed by atoms with Crippen LogP contribution in [0.2, 0.25) is 0 Å². The van der Waals surface area contributed by atoms with Gasteiger partial charge in [0.2, 0.25) is 22.1 Å². The van der Waals surface area contributed by atoms with Crippen molar-refractivity contribution in [3.05, 3.63) is 0 Å². The van der Waals surface area contributed by atoms with E-state index in [9.17, 15) is 57.7 Å². The van der Waals surface area contributed by atoms with E-state index in [2.05, 4.69) is 31.9 Å². The van der Waals surface area contributed by atoms with Gasteiger partial charge in [-0.1, -0.05) is 23.5 Å². The van der Waals surface area contributed by atoms with E-state index < -0.39 is 87.1 Å². The van der Waals surface area contributed by atoms with Gasteiger partial charge in [0, 0.05) is 12.8 Å². The van der Waals surface area contributed by atoms with Crippen molar-refractivity contribution in [3.8, 4) is 0 Å². The van der Waals surface area contributed by atoms with Crippen molar-refractivity contribution < 1.29 is 155 Å². The Bertz CT molecular complexity index is 1870. The number of thioether (sulfide) groups is 2. The molecule has 4 saturated heterocycles. The van der Waals surface area contributed by atoms with Gasteiger partial charge >= 0.3 is 87.1 Å². The van der Waals surface area contributed by atoms with Crippen molar-refractivity contribution in [2.75, 3.05) is 50.5 Å². The Morgan fingerprint density at radius 1 is 0.742 bits per heavy atom. The van der Waals surface area contributed by atoms with Crippen LogP contribution in [-0.2, 0) is 76.3 Å². The number of carbonyl (C=O) groups is 8. The van der Waals surface area contributed by atoms with E-state index in [1.165, 1.54) is 0 Å². The Balaban J connectivity index is 0.000000340. The molecule has 6 N–H and O–H groups in total. The topological polar surface area (TPSA) is 405 Å². The second kappa shape index (κ2) is 25.5. The van der Waals surface area contributed by atoms with Crippen LogP contribution in [-0.4, -0.2) is 172 Å². The zero-order valence-electron chi connectivity index (χ0n) is 35.2. The molecule has 6 rings (SSSR count). The molecular weight excluding hydrogens is 996 g/mol. The van der Waals surface area contributed by atoms with Gasteiger partial charge in [-0.05, 0) is 33.2 Å². The fraction of sp³-hybridized carbons (Fsp3) is 0.643. The summed E-state index contributed by atoms with van der Waals surface area (Å²) in [5.74, 6) is -8.76. The van der Waals surface area contributed by atoms with Gasteiger partial charge in [-0.2, -0.15) is 19.9 Å². The number of hydroxylamine groups is 6. The Morgan fingerprint density at radius 2 is 1.11 bits per heavy atom. The van der Waals surface area contributed by atoms with E-state index in [-0.39, 0.29) is 146 Å². The van der Waals surface area contributed by atoms with Gasteiger partial charge in [0.15, 0.2) is 0 Å². The van der Waals surface area contributed by atoms with E-state index in [4.69, 9.17) is 38.6 Å². The van der Waals surface area contributed by atoms with Gasteiger partial charge in [0.25, 0.3) is 35.8 Å². The van der Waals surface area contributed by atoms with Crippen LogP contribution in [0.4, 0.5) is 0 Å². The molecule has 0 radical (unpaired) electrons. The van der Waals surface area contributed by atoms with Gasteiger partial charge in [-0.15, -0.1) is 20.5 Å². The molecule has 0 saturated carbocycles. The monoisotopic (exact) mass is 1030 g/mol. The number of carboxylic acid groups (broad SMARTS) is 2. The summed E-state index contributed by atoms with van der Waals surface area (Å²) >= 11 is 1.81. The summed E-state index contributed by atoms with van der Waals surface area (Å²) in [6, 6.07) is -2.42. The normalized spacial score (nSPS) is 25.3. The molecule has 4 amide bonds. The fourth-order valence-corrected chi connectivity index (χ4v) is 8.10. The Labute approximate surface area is 426 Å². The maximum absolute atomic E-state index is 12.6. The number of hydrazone groups is 2. The van der Waals surface area contributed by atoms with Gasteiger partial charge in [0.05, 0.1) is 37.6 Å². The van der Waals surface area contributed by atoms with Crippen LogP contribution < -0.4 is 91.0 Å². The number of hydrazine groups is 4. The SMILES string of the molecule is CCON1C(SCC(=O)N[C@H]2CON(C3(C(=O)[O-])CCC(=O)O3)C2=O)=NNN1C[P+](=O)O.CCON1C(SCC(=O)N[C@H]2CON(C3(C(=O)[O-])CCC(=O)O3)C2=O)=NNN1C[P+](=O)O.[Na+].[Na+]. The van der Waals surface area contributed by atoms with Crippen LogP contribution >= 0.6 is 39.6 Å². The van der Waals surface area contributed by atoms with Crippen LogP contribution in [0.5, 0.6) is 0 Å². The second-order valence-corrected chi connectivity index (χ2v) is 16.8. The third-order valence-corrected chi connectivity index (χ3v) is 11.4. The van der Waals surface area contributed by atoms with Crippen molar-refractivity contribution in [3.63, 3.8) is 0 Å². The maximum atomic E-state index is 12.6. The minimum atomic E-state index is -2.53. The van der Waals surface area contributed by atoms with Gasteiger partial charge in [-0.25, -0.2) is 11.1 Å². The zero-order valence-corrected chi connectivity index (χ0v) is 42.6. The molecule has 6 atom stereocenters. The zero-order chi connectivity index (χ0) is 46.9. The van der Waals surface area contributed by atoms with E-state index in [1.807, 2.05) is 0 Å². The third-order valence-electron chi connectivity index (χ3n) is 8.57. The number of amides is 4. The summed E-state index contributed by atoms with van der Waals surface area (Å²) in [5.41, 5.74) is 0.202. The first-order valence-corrected chi connectivity index (χ1v) is 23.1. The molecule has 32 nitrogen and oxygen atoms in total. The molecule has 4 fully saturated rings. The molecule has 0 aliphatic carbocycles. The predicted octanol–water partition coefficient (Wildman–Crippen LogP) is -12.6. The third kappa shape index (κ3) is 13.6. The first kappa shape index (κ1) is 57.2. The van der Waals surface area contributed by atoms with Crippen molar-refractivity contribution in [1.29, 1.82) is 0 Å². The molecule has 0 spiro atoms. The number of carboxylic acids is 2. The van der Waals surface area contributed by atoms with Gasteiger partial charge < -0.3 is 39.9 Å². The second-order valence-electron chi connectivity index (χ2n) is 12.9. The van der Waals surface area contributed by atoms with Crippen LogP contribution in [0.25, 0.3) is 0 Å². The molecule has 4 unspecified atom stereocenters. The molecule has 0 aromatic carbocycles. The van der Waals surface area contributed by atoms with E-state index >= 15 is 0 Å². The standard InChI is InChI=1S/2C14H19N6O10PS.2Na/c2*1-2-28-20-13(16-17-18(20)7-31(26)27)32-6-9(21)15-8-5-29-19(11(8)23)14(12(24)25)4-3-10(22)30-14;;/h2*8,17H,2-7H2,1H3,(H2-,15,21,24,25,26,27);;/q;;2*+1/t2*8-,14?;;/m00../s1. The average Bonchev–Trinajstić information content (AvgIpc) is 4.10. The number of hydrogen-bond acceptors (Lipinski definition) is 28. The summed E-state index contributed by atoms with van der Waals surface area (Å²) in [6.07, 6.45) is -1.78. The smallest absolute Gasteiger partial charge is 0.544 e. The maximum Gasteiger partial charge on any atom is 1.00 e. The predicted molar refractivity (Wildman–Crippen MR) is 202 cm³/mol. The molecule has 38 heteroatoms. The fourth-order valence-electron chi connectivity index (χ4n) is 5.87. The number of aliphatic carboxylic acids is 2. The van der Waals surface area contributed by atoms with E-state index in [0.717, 1.165) is 44.1 Å². The van der Waals surface area contributed by atoms with Crippen molar-refractivity contribution in [2.24, 2.45) is 10.2 Å². The summed E-state index contributed by atoms with van der Waals surface area (Å²) in [4.78, 5) is 135. The average molecular weight is 1030 g/mol. The number of rotatable bonds is 18. The number of ether oxygens (including phenoxy) is 2. The summed E-state index contributed by atoms with van der Waals surface area (Å²) in [5, 5.41) is 41.3. The molecular formula is C28H38N12Na2O20P2S2+2. The Kier molecular flexibility index (Phi) is 22.1. The van der Waals surface area contributed by atoms with Crippen LogP contribution in [0.1, 0.15) is 39.5 Å². The quantitative estimate of drug-likeness (QED) is 0.0422. The number of amidine groups is 2. The molecule has 6 aliphatic heterocycles. The molecule has 0 bridgehead atoms. The summed E-state index contributed by atoms with van der Waals surface area (Å²) in [7, 11) is -5.06.